The zero-order valence-electron chi connectivity index (χ0n) is 19.4. The summed E-state index contributed by atoms with van der Waals surface area (Å²) in [5.74, 6) is -1.04. The van der Waals surface area contributed by atoms with Crippen LogP contribution in [0.25, 0.3) is 11.7 Å². The molecule has 2 amide bonds. The van der Waals surface area contributed by atoms with E-state index in [1.807, 2.05) is 27.7 Å². The van der Waals surface area contributed by atoms with Crippen LogP contribution in [-0.4, -0.2) is 67.3 Å². The van der Waals surface area contributed by atoms with Crippen LogP contribution >= 0.6 is 0 Å². The molecule has 2 unspecified atom stereocenters. The van der Waals surface area contributed by atoms with E-state index in [-0.39, 0.29) is 35.5 Å². The van der Waals surface area contributed by atoms with Crippen LogP contribution < -0.4 is 10.9 Å². The van der Waals surface area contributed by atoms with Gasteiger partial charge in [0.1, 0.15) is 5.65 Å². The topological polar surface area (TPSA) is 118 Å². The molecule has 2 aromatic rings. The van der Waals surface area contributed by atoms with E-state index in [9.17, 15) is 19.5 Å². The predicted octanol–water partition coefficient (Wildman–Crippen LogP) is 1.40. The molecule has 2 aromatic heterocycles. The Morgan fingerprint density at radius 3 is 2.55 bits per heavy atom. The molecule has 1 aliphatic carbocycles. The first kappa shape index (κ1) is 23.0. The summed E-state index contributed by atoms with van der Waals surface area (Å²) >= 11 is 0. The fourth-order valence-electron chi connectivity index (χ4n) is 4.24. The molecule has 1 saturated heterocycles. The number of aromatic nitrogens is 3. The highest BCUT2D eigenvalue weighted by atomic mass is 16.5. The number of carbonyl (C=O) groups excluding carboxylic acids is 2. The number of amides is 2. The summed E-state index contributed by atoms with van der Waals surface area (Å²) < 4.78 is 8.13. The van der Waals surface area contributed by atoms with E-state index in [1.165, 1.54) is 16.8 Å². The van der Waals surface area contributed by atoms with E-state index < -0.39 is 17.3 Å². The number of nitrogens with one attached hydrogen (secondary N) is 1. The van der Waals surface area contributed by atoms with Crippen LogP contribution in [0.15, 0.2) is 17.1 Å². The number of hydrogen-bond donors (Lipinski definition) is 2. The van der Waals surface area contributed by atoms with E-state index in [4.69, 9.17) is 4.74 Å². The maximum Gasteiger partial charge on any atom is 0.291 e. The predicted molar refractivity (Wildman–Crippen MR) is 122 cm³/mol. The average molecular weight is 458 g/mol. The van der Waals surface area contributed by atoms with Gasteiger partial charge in [0.25, 0.3) is 11.5 Å². The lowest BCUT2D eigenvalue weighted by Gasteiger charge is -2.38. The third-order valence-electron chi connectivity index (χ3n) is 5.93. The minimum Gasteiger partial charge on any atom is -0.494 e. The van der Waals surface area contributed by atoms with Crippen molar-refractivity contribution in [1.82, 2.24) is 24.4 Å². The number of carbonyl (C=O) groups is 2. The first-order valence-corrected chi connectivity index (χ1v) is 11.4. The van der Waals surface area contributed by atoms with Crippen LogP contribution in [0.3, 0.4) is 0 Å². The standard InChI is InChI=1S/C23H31N5O5/c1-13(2)10-26-21-16(5-8-18(29)27-14(3)11-33-12-15(27)4)9-24-28(21)23(32)19(22(26)31)20(30)25-17-6-7-17/h5,8-9,13-15,17,31H,6-7,10-12H2,1-4H3,(H,25,30)/b8-5+. The van der Waals surface area contributed by atoms with E-state index in [0.29, 0.717) is 31.0 Å². The number of morpholine rings is 1. The molecule has 0 spiro atoms. The van der Waals surface area contributed by atoms with Gasteiger partial charge in [0.2, 0.25) is 11.8 Å². The Kier molecular flexibility index (Phi) is 6.29. The lowest BCUT2D eigenvalue weighted by molar-refractivity contribution is -0.138. The van der Waals surface area contributed by atoms with Crippen molar-refractivity contribution in [3.8, 4) is 5.88 Å². The first-order chi connectivity index (χ1) is 15.7. The van der Waals surface area contributed by atoms with E-state index in [2.05, 4.69) is 10.4 Å². The molecule has 3 heterocycles. The first-order valence-electron chi connectivity index (χ1n) is 11.4. The van der Waals surface area contributed by atoms with Crippen molar-refractivity contribution in [2.24, 2.45) is 5.92 Å². The number of aromatic hydroxyl groups is 1. The van der Waals surface area contributed by atoms with Crippen molar-refractivity contribution < 1.29 is 19.4 Å². The Labute approximate surface area is 191 Å². The molecular weight excluding hydrogens is 426 g/mol. The van der Waals surface area contributed by atoms with Crippen molar-refractivity contribution >= 4 is 23.5 Å². The number of rotatable bonds is 6. The Morgan fingerprint density at radius 2 is 1.94 bits per heavy atom. The SMILES string of the molecule is CC(C)Cn1c(O)c(C(=O)NC2CC2)c(=O)n2ncc(/C=C/C(=O)N3C(C)COCC3C)c12. The number of nitrogens with zero attached hydrogens (tertiary/aromatic N) is 4. The molecule has 0 bridgehead atoms. The number of hydrogen-bond acceptors (Lipinski definition) is 6. The van der Waals surface area contributed by atoms with Crippen LogP contribution in [0.1, 0.15) is 56.5 Å². The number of fused-ring (bicyclic) bond motifs is 1. The van der Waals surface area contributed by atoms with Crippen molar-refractivity contribution in [2.45, 2.75) is 65.2 Å². The fraction of sp³-hybridized carbons (Fsp3) is 0.565. The molecule has 33 heavy (non-hydrogen) atoms. The van der Waals surface area contributed by atoms with Gasteiger partial charge in [-0.25, -0.2) is 0 Å². The Balaban J connectivity index is 1.75. The molecule has 178 valence electrons. The highest BCUT2D eigenvalue weighted by Gasteiger charge is 2.30. The zero-order chi connectivity index (χ0) is 23.9. The van der Waals surface area contributed by atoms with Gasteiger partial charge in [0.15, 0.2) is 5.56 Å². The molecule has 2 fully saturated rings. The summed E-state index contributed by atoms with van der Waals surface area (Å²) in [6.45, 7) is 9.12. The van der Waals surface area contributed by atoms with Crippen LogP contribution in [0.2, 0.25) is 0 Å². The zero-order valence-corrected chi connectivity index (χ0v) is 19.4. The maximum atomic E-state index is 13.1. The van der Waals surface area contributed by atoms with Gasteiger partial charge >= 0.3 is 0 Å². The van der Waals surface area contributed by atoms with Crippen LogP contribution in [0.5, 0.6) is 5.88 Å². The fourth-order valence-corrected chi connectivity index (χ4v) is 4.24. The summed E-state index contributed by atoms with van der Waals surface area (Å²) in [5.41, 5.74) is -0.178. The molecule has 1 saturated carbocycles. The lowest BCUT2D eigenvalue weighted by Crippen LogP contribution is -2.51. The molecule has 0 radical (unpaired) electrons. The average Bonchev–Trinajstić information content (AvgIpc) is 3.44. The van der Waals surface area contributed by atoms with Crippen molar-refractivity contribution in [3.05, 3.63) is 33.8 Å². The molecule has 2 N–H and O–H groups in total. The minimum absolute atomic E-state index is 0.0395. The van der Waals surface area contributed by atoms with Crippen molar-refractivity contribution in [3.63, 3.8) is 0 Å². The van der Waals surface area contributed by atoms with Gasteiger partial charge in [-0.1, -0.05) is 13.8 Å². The smallest absolute Gasteiger partial charge is 0.291 e. The largest absolute Gasteiger partial charge is 0.494 e. The Bertz CT molecular complexity index is 1150. The Morgan fingerprint density at radius 1 is 1.27 bits per heavy atom. The Hall–Kier alpha value is -3.14. The molecule has 4 rings (SSSR count). The lowest BCUT2D eigenvalue weighted by atomic mass is 10.1. The monoisotopic (exact) mass is 457 g/mol. The maximum absolute atomic E-state index is 13.1. The van der Waals surface area contributed by atoms with Gasteiger partial charge in [-0.3, -0.25) is 19.0 Å². The highest BCUT2D eigenvalue weighted by molar-refractivity contribution is 5.97. The quantitative estimate of drug-likeness (QED) is 0.633. The van der Waals surface area contributed by atoms with Crippen molar-refractivity contribution in [2.75, 3.05) is 13.2 Å². The summed E-state index contributed by atoms with van der Waals surface area (Å²) in [6.07, 6.45) is 6.23. The summed E-state index contributed by atoms with van der Waals surface area (Å²) in [4.78, 5) is 40.4. The third-order valence-corrected chi connectivity index (χ3v) is 5.93. The van der Waals surface area contributed by atoms with Gasteiger partial charge in [0, 0.05) is 24.2 Å². The molecule has 1 aliphatic heterocycles. The van der Waals surface area contributed by atoms with Gasteiger partial charge < -0.3 is 20.1 Å². The second kappa shape index (κ2) is 9.01. The normalized spacial score (nSPS) is 21.3. The molecule has 2 aliphatic rings. The van der Waals surface area contributed by atoms with Gasteiger partial charge in [-0.05, 0) is 38.7 Å². The second-order valence-electron chi connectivity index (χ2n) is 9.41. The molecule has 10 heteroatoms. The molecule has 0 aromatic carbocycles. The molecule has 2 atom stereocenters. The summed E-state index contributed by atoms with van der Waals surface area (Å²) in [7, 11) is 0. The minimum atomic E-state index is -0.693. The summed E-state index contributed by atoms with van der Waals surface area (Å²) in [5, 5.41) is 17.9. The third kappa shape index (κ3) is 4.52. The van der Waals surface area contributed by atoms with Crippen LogP contribution in [-0.2, 0) is 16.1 Å². The molecule has 10 nitrogen and oxygen atoms in total. The van der Waals surface area contributed by atoms with Gasteiger partial charge in [-0.15, -0.1) is 0 Å². The van der Waals surface area contributed by atoms with E-state index >= 15 is 0 Å². The van der Waals surface area contributed by atoms with Crippen LogP contribution in [0, 0.1) is 5.92 Å². The van der Waals surface area contributed by atoms with Crippen LogP contribution in [0.4, 0.5) is 0 Å². The van der Waals surface area contributed by atoms with Gasteiger partial charge in [0.05, 0.1) is 31.5 Å². The van der Waals surface area contributed by atoms with Crippen molar-refractivity contribution in [1.29, 1.82) is 0 Å². The highest BCUT2D eigenvalue weighted by Crippen LogP contribution is 2.25. The number of ether oxygens (including phenoxy) is 1. The summed E-state index contributed by atoms with van der Waals surface area (Å²) in [6, 6.07) is -0.0614. The second-order valence-corrected chi connectivity index (χ2v) is 9.41. The van der Waals surface area contributed by atoms with E-state index in [0.717, 1.165) is 17.4 Å². The molecular formula is C23H31N5O5. The van der Waals surface area contributed by atoms with E-state index in [1.54, 1.807) is 11.0 Å². The van der Waals surface area contributed by atoms with Gasteiger partial charge in [-0.2, -0.15) is 9.61 Å².